The van der Waals surface area contributed by atoms with Crippen LogP contribution in [0.25, 0.3) is 10.2 Å². The molecular weight excluding hydrogens is 468 g/mol. The highest BCUT2D eigenvalue weighted by Crippen LogP contribution is 2.34. The predicted octanol–water partition coefficient (Wildman–Crippen LogP) is 5.75. The molecule has 1 aliphatic rings. The van der Waals surface area contributed by atoms with Crippen LogP contribution in [0.3, 0.4) is 0 Å². The maximum atomic E-state index is 12.7. The molecule has 9 heteroatoms. The highest BCUT2D eigenvalue weighted by molar-refractivity contribution is 8.01. The van der Waals surface area contributed by atoms with E-state index in [-0.39, 0.29) is 17.4 Å². The Morgan fingerprint density at radius 2 is 1.81 bits per heavy atom. The Balaban J connectivity index is 1.41. The fraction of sp³-hybridized carbons (Fsp3) is 0.304. The van der Waals surface area contributed by atoms with E-state index < -0.39 is 17.8 Å². The summed E-state index contributed by atoms with van der Waals surface area (Å²) in [6, 6.07) is 12.2. The topological polar surface area (TPSA) is 96.4 Å². The number of hydrogen-bond acceptors (Lipinski definition) is 6. The van der Waals surface area contributed by atoms with Gasteiger partial charge in [0.15, 0.2) is 10.1 Å². The molecule has 1 saturated carbocycles. The summed E-state index contributed by atoms with van der Waals surface area (Å²) in [4.78, 5) is 41.1. The molecule has 3 aromatic rings. The summed E-state index contributed by atoms with van der Waals surface area (Å²) >= 11 is 8.69. The van der Waals surface area contributed by atoms with E-state index in [0.717, 1.165) is 27.4 Å². The average molecular weight is 489 g/mol. The number of aliphatic carboxylic acids is 1. The summed E-state index contributed by atoms with van der Waals surface area (Å²) < 4.78 is 1.66. The van der Waals surface area contributed by atoms with E-state index in [2.05, 4.69) is 10.3 Å². The van der Waals surface area contributed by atoms with E-state index in [9.17, 15) is 19.5 Å². The number of halogens is 1. The number of carbonyl (C=O) groups is 3. The van der Waals surface area contributed by atoms with Gasteiger partial charge in [-0.2, -0.15) is 0 Å². The number of carboxylic acid groups (broad SMARTS) is 1. The highest BCUT2D eigenvalue weighted by atomic mass is 35.5. The van der Waals surface area contributed by atoms with Crippen LogP contribution in [-0.4, -0.2) is 33.5 Å². The van der Waals surface area contributed by atoms with Crippen molar-refractivity contribution < 1.29 is 19.5 Å². The number of benzene rings is 2. The molecule has 0 bridgehead atoms. The first-order valence-electron chi connectivity index (χ1n) is 10.3. The lowest BCUT2D eigenvalue weighted by molar-refractivity contribution is -0.147. The molecule has 0 unspecified atom stereocenters. The van der Waals surface area contributed by atoms with Gasteiger partial charge in [0.05, 0.1) is 27.8 Å². The standard InChI is InChI=1S/C23H21ClN2O4S2/c24-14-7-5-13(6-8-14)19(27)12-31-23-26-18-10-9-15(11-20(18)32-23)25-21(28)16-3-1-2-4-17(16)22(29)30/h5-11,16-17H,1-4,12H2,(H,25,28)(H,29,30)/t16-,17-/m1/s1. The van der Waals surface area contributed by atoms with Gasteiger partial charge in [-0.1, -0.05) is 36.2 Å². The molecule has 1 heterocycles. The minimum Gasteiger partial charge on any atom is -0.481 e. The fourth-order valence-corrected chi connectivity index (χ4v) is 5.99. The minimum absolute atomic E-state index is 0.000609. The minimum atomic E-state index is -0.905. The molecule has 1 amide bonds. The number of aromatic nitrogens is 1. The van der Waals surface area contributed by atoms with Crippen LogP contribution in [0.15, 0.2) is 46.8 Å². The number of amides is 1. The fourth-order valence-electron chi connectivity index (χ4n) is 3.86. The molecule has 166 valence electrons. The number of anilines is 1. The van der Waals surface area contributed by atoms with E-state index >= 15 is 0 Å². The summed E-state index contributed by atoms with van der Waals surface area (Å²) in [5.41, 5.74) is 2.01. The van der Waals surface area contributed by atoms with Gasteiger partial charge in [0.1, 0.15) is 0 Å². The second kappa shape index (κ2) is 10.0. The van der Waals surface area contributed by atoms with Crippen LogP contribution in [0.4, 0.5) is 5.69 Å². The molecule has 1 aliphatic carbocycles. The molecule has 2 N–H and O–H groups in total. The number of rotatable bonds is 7. The smallest absolute Gasteiger partial charge is 0.307 e. The summed E-state index contributed by atoms with van der Waals surface area (Å²) in [6.07, 6.45) is 2.84. The van der Waals surface area contributed by atoms with E-state index in [1.807, 2.05) is 12.1 Å². The van der Waals surface area contributed by atoms with Crippen LogP contribution in [-0.2, 0) is 9.59 Å². The molecular formula is C23H21ClN2O4S2. The van der Waals surface area contributed by atoms with Crippen LogP contribution in [0.1, 0.15) is 36.0 Å². The second-order valence-corrected chi connectivity index (χ2v) is 10.4. The molecule has 0 radical (unpaired) electrons. The predicted molar refractivity (Wildman–Crippen MR) is 128 cm³/mol. The van der Waals surface area contributed by atoms with Crippen molar-refractivity contribution in [1.82, 2.24) is 4.98 Å². The molecule has 4 rings (SSSR count). The Hall–Kier alpha value is -2.42. The molecule has 6 nitrogen and oxygen atoms in total. The molecule has 0 spiro atoms. The Morgan fingerprint density at radius 3 is 2.53 bits per heavy atom. The number of Topliss-reactive ketones (excluding diaryl/α,β-unsaturated/α-hetero) is 1. The molecule has 2 aromatic carbocycles. The average Bonchev–Trinajstić information content (AvgIpc) is 3.20. The van der Waals surface area contributed by atoms with Gasteiger partial charge in [0.25, 0.3) is 0 Å². The summed E-state index contributed by atoms with van der Waals surface area (Å²) in [6.45, 7) is 0. The Labute approximate surface area is 198 Å². The summed E-state index contributed by atoms with van der Waals surface area (Å²) in [7, 11) is 0. The highest BCUT2D eigenvalue weighted by Gasteiger charge is 2.35. The second-order valence-electron chi connectivity index (χ2n) is 7.71. The van der Waals surface area contributed by atoms with Gasteiger partial charge < -0.3 is 10.4 Å². The number of carbonyl (C=O) groups excluding carboxylic acids is 2. The van der Waals surface area contributed by atoms with Gasteiger partial charge in [-0.15, -0.1) is 11.3 Å². The monoisotopic (exact) mass is 488 g/mol. The molecule has 1 aromatic heterocycles. The van der Waals surface area contributed by atoms with Crippen molar-refractivity contribution in [3.05, 3.63) is 53.1 Å². The first-order valence-corrected chi connectivity index (χ1v) is 12.4. The van der Waals surface area contributed by atoms with Crippen molar-refractivity contribution in [1.29, 1.82) is 0 Å². The largest absolute Gasteiger partial charge is 0.481 e. The van der Waals surface area contributed by atoms with Crippen LogP contribution in [0.5, 0.6) is 0 Å². The third kappa shape index (κ3) is 5.31. The van der Waals surface area contributed by atoms with Gasteiger partial charge >= 0.3 is 5.97 Å². The molecule has 2 atom stereocenters. The third-order valence-electron chi connectivity index (χ3n) is 5.55. The molecule has 32 heavy (non-hydrogen) atoms. The first-order chi connectivity index (χ1) is 15.4. The van der Waals surface area contributed by atoms with Crippen LogP contribution < -0.4 is 5.32 Å². The van der Waals surface area contributed by atoms with E-state index in [1.54, 1.807) is 30.3 Å². The van der Waals surface area contributed by atoms with Crippen molar-refractivity contribution in [2.45, 2.75) is 30.0 Å². The van der Waals surface area contributed by atoms with Crippen molar-refractivity contribution in [3.8, 4) is 0 Å². The molecule has 0 saturated heterocycles. The third-order valence-corrected chi connectivity index (χ3v) is 7.96. The lowest BCUT2D eigenvalue weighted by Crippen LogP contribution is -2.36. The van der Waals surface area contributed by atoms with Gasteiger partial charge in [-0.3, -0.25) is 14.4 Å². The maximum absolute atomic E-state index is 12.7. The van der Waals surface area contributed by atoms with Crippen molar-refractivity contribution in [2.24, 2.45) is 11.8 Å². The lowest BCUT2D eigenvalue weighted by atomic mass is 9.78. The number of nitrogens with zero attached hydrogens (tertiary/aromatic N) is 1. The zero-order valence-electron chi connectivity index (χ0n) is 17.0. The van der Waals surface area contributed by atoms with Gasteiger partial charge in [0, 0.05) is 16.3 Å². The normalized spacial score (nSPS) is 18.4. The first kappa shape index (κ1) is 22.8. The number of ketones is 1. The van der Waals surface area contributed by atoms with Crippen molar-refractivity contribution in [2.75, 3.05) is 11.1 Å². The Morgan fingerprint density at radius 1 is 1.09 bits per heavy atom. The zero-order chi connectivity index (χ0) is 22.7. The lowest BCUT2D eigenvalue weighted by Gasteiger charge is -2.27. The molecule has 0 aliphatic heterocycles. The maximum Gasteiger partial charge on any atom is 0.307 e. The zero-order valence-corrected chi connectivity index (χ0v) is 19.4. The number of carboxylic acids is 1. The van der Waals surface area contributed by atoms with E-state index in [1.165, 1.54) is 23.1 Å². The Kier molecular flexibility index (Phi) is 7.13. The molecule has 1 fully saturated rings. The summed E-state index contributed by atoms with van der Waals surface area (Å²) in [5, 5.41) is 12.9. The quantitative estimate of drug-likeness (QED) is 0.324. The SMILES string of the molecule is O=C(CSc1nc2ccc(NC(=O)[C@@H]3CCCC[C@H]3C(=O)O)cc2s1)c1ccc(Cl)cc1. The Bertz CT molecular complexity index is 1160. The van der Waals surface area contributed by atoms with Crippen molar-refractivity contribution in [3.63, 3.8) is 0 Å². The number of fused-ring (bicyclic) bond motifs is 1. The number of hydrogen-bond donors (Lipinski definition) is 2. The van der Waals surface area contributed by atoms with E-state index in [0.29, 0.717) is 29.1 Å². The van der Waals surface area contributed by atoms with Gasteiger partial charge in [-0.05, 0) is 55.3 Å². The van der Waals surface area contributed by atoms with Gasteiger partial charge in [0.2, 0.25) is 5.91 Å². The van der Waals surface area contributed by atoms with Crippen LogP contribution in [0, 0.1) is 11.8 Å². The van der Waals surface area contributed by atoms with E-state index in [4.69, 9.17) is 11.6 Å². The number of thiazole rings is 1. The van der Waals surface area contributed by atoms with Gasteiger partial charge in [-0.25, -0.2) is 4.98 Å². The number of thioether (sulfide) groups is 1. The van der Waals surface area contributed by atoms with Crippen LogP contribution >= 0.6 is 34.7 Å². The van der Waals surface area contributed by atoms with Crippen LogP contribution in [0.2, 0.25) is 5.02 Å². The van der Waals surface area contributed by atoms with Crippen molar-refractivity contribution >= 4 is 68.3 Å². The number of nitrogens with one attached hydrogen (secondary N) is 1. The summed E-state index contributed by atoms with van der Waals surface area (Å²) in [5.74, 6) is -2.02.